The molecule has 1 aliphatic rings. The molecule has 2 aromatic heterocycles. The van der Waals surface area contributed by atoms with Crippen molar-refractivity contribution in [1.29, 1.82) is 0 Å². The van der Waals surface area contributed by atoms with Crippen molar-refractivity contribution in [2.45, 2.75) is 6.92 Å². The molecule has 0 saturated carbocycles. The molecule has 0 amide bonds. The summed E-state index contributed by atoms with van der Waals surface area (Å²) in [5, 5.41) is 0. The molecule has 118 valence electrons. The number of benzene rings is 1. The van der Waals surface area contributed by atoms with Crippen LogP contribution in [0.3, 0.4) is 0 Å². The van der Waals surface area contributed by atoms with Gasteiger partial charge in [0.15, 0.2) is 5.65 Å². The number of nitrogens with zero attached hydrogens (tertiary/aromatic N) is 4. The molecule has 0 unspecified atom stereocenters. The second kappa shape index (κ2) is 5.66. The zero-order valence-corrected chi connectivity index (χ0v) is 13.6. The number of anilines is 1. The van der Waals surface area contributed by atoms with E-state index in [0.29, 0.717) is 0 Å². The van der Waals surface area contributed by atoms with E-state index < -0.39 is 0 Å². The molecular weight excluding hydrogens is 286 g/mol. The van der Waals surface area contributed by atoms with Gasteiger partial charge in [-0.05, 0) is 49.9 Å². The molecule has 1 N–H and O–H groups in total. The fourth-order valence-corrected chi connectivity index (χ4v) is 3.07. The molecule has 3 aromatic rings. The van der Waals surface area contributed by atoms with Crippen molar-refractivity contribution in [3.63, 3.8) is 0 Å². The molecule has 0 spiro atoms. The molecule has 1 aliphatic heterocycles. The van der Waals surface area contributed by atoms with Crippen LogP contribution in [-0.4, -0.2) is 53.1 Å². The second-order valence-corrected chi connectivity index (χ2v) is 6.25. The maximum atomic E-state index is 4.61. The summed E-state index contributed by atoms with van der Waals surface area (Å²) >= 11 is 0. The minimum Gasteiger partial charge on any atom is -0.369 e. The van der Waals surface area contributed by atoms with Crippen molar-refractivity contribution >= 4 is 16.9 Å². The lowest BCUT2D eigenvalue weighted by Gasteiger charge is -2.34. The molecule has 1 fully saturated rings. The lowest BCUT2D eigenvalue weighted by Crippen LogP contribution is -2.44. The Bertz CT molecular complexity index is 813. The number of aromatic nitrogens is 3. The van der Waals surface area contributed by atoms with E-state index >= 15 is 0 Å². The zero-order chi connectivity index (χ0) is 15.8. The summed E-state index contributed by atoms with van der Waals surface area (Å²) in [5.41, 5.74) is 5.35. The van der Waals surface area contributed by atoms with E-state index in [1.807, 2.05) is 6.07 Å². The van der Waals surface area contributed by atoms with Gasteiger partial charge in [-0.3, -0.25) is 0 Å². The SMILES string of the molecule is Cc1ccnc2nc(-c3ccc(N4CCN(C)CC4)cc3)[nH]c12. The second-order valence-electron chi connectivity index (χ2n) is 6.25. The van der Waals surface area contributed by atoms with E-state index in [-0.39, 0.29) is 0 Å². The van der Waals surface area contributed by atoms with Crippen LogP contribution in [0.2, 0.25) is 0 Å². The molecule has 5 nitrogen and oxygen atoms in total. The first-order chi connectivity index (χ1) is 11.2. The largest absolute Gasteiger partial charge is 0.369 e. The number of likely N-dealkylation sites (N-methyl/N-ethyl adjacent to an activating group) is 1. The van der Waals surface area contributed by atoms with E-state index in [1.54, 1.807) is 6.20 Å². The van der Waals surface area contributed by atoms with Gasteiger partial charge < -0.3 is 14.8 Å². The van der Waals surface area contributed by atoms with Crippen LogP contribution in [0.5, 0.6) is 0 Å². The predicted molar refractivity (Wildman–Crippen MR) is 93.8 cm³/mol. The van der Waals surface area contributed by atoms with E-state index in [9.17, 15) is 0 Å². The number of hydrogen-bond donors (Lipinski definition) is 1. The van der Waals surface area contributed by atoms with Gasteiger partial charge in [-0.25, -0.2) is 9.97 Å². The van der Waals surface area contributed by atoms with Crippen molar-refractivity contribution in [3.05, 3.63) is 42.1 Å². The molecule has 0 aliphatic carbocycles. The first kappa shape index (κ1) is 14.2. The van der Waals surface area contributed by atoms with Gasteiger partial charge in [0, 0.05) is 43.6 Å². The average Bonchev–Trinajstić information content (AvgIpc) is 3.01. The number of aromatic amines is 1. The van der Waals surface area contributed by atoms with Crippen molar-refractivity contribution in [2.24, 2.45) is 0 Å². The van der Waals surface area contributed by atoms with E-state index in [2.05, 4.69) is 63.0 Å². The minimum absolute atomic E-state index is 0.781. The third-order valence-corrected chi connectivity index (χ3v) is 4.61. The molecule has 0 radical (unpaired) electrons. The first-order valence-electron chi connectivity index (χ1n) is 8.06. The number of nitrogens with one attached hydrogen (secondary N) is 1. The van der Waals surface area contributed by atoms with Gasteiger partial charge >= 0.3 is 0 Å². The minimum atomic E-state index is 0.781. The molecule has 4 rings (SSSR count). The quantitative estimate of drug-likeness (QED) is 0.791. The van der Waals surface area contributed by atoms with Crippen molar-refractivity contribution < 1.29 is 0 Å². The maximum absolute atomic E-state index is 4.61. The number of aryl methyl sites for hydroxylation is 1. The number of hydrogen-bond acceptors (Lipinski definition) is 4. The molecule has 1 saturated heterocycles. The van der Waals surface area contributed by atoms with Crippen LogP contribution in [0.4, 0.5) is 5.69 Å². The molecule has 3 heterocycles. The van der Waals surface area contributed by atoms with Gasteiger partial charge in [0.2, 0.25) is 0 Å². The number of H-pyrrole nitrogens is 1. The zero-order valence-electron chi connectivity index (χ0n) is 13.6. The molecule has 5 heteroatoms. The van der Waals surface area contributed by atoms with Crippen LogP contribution in [-0.2, 0) is 0 Å². The smallest absolute Gasteiger partial charge is 0.178 e. The Kier molecular flexibility index (Phi) is 3.50. The monoisotopic (exact) mass is 307 g/mol. The summed E-state index contributed by atoms with van der Waals surface area (Å²) in [4.78, 5) is 17.1. The van der Waals surface area contributed by atoms with Crippen LogP contribution in [0, 0.1) is 6.92 Å². The Morgan fingerprint density at radius 2 is 1.74 bits per heavy atom. The molecule has 23 heavy (non-hydrogen) atoms. The van der Waals surface area contributed by atoms with Gasteiger partial charge in [0.05, 0.1) is 5.52 Å². The highest BCUT2D eigenvalue weighted by atomic mass is 15.2. The van der Waals surface area contributed by atoms with Crippen LogP contribution in [0.1, 0.15) is 5.56 Å². The number of piperazine rings is 1. The van der Waals surface area contributed by atoms with E-state index in [4.69, 9.17) is 0 Å². The van der Waals surface area contributed by atoms with Gasteiger partial charge in [0.25, 0.3) is 0 Å². The number of imidazole rings is 1. The van der Waals surface area contributed by atoms with E-state index in [0.717, 1.165) is 48.7 Å². The fourth-order valence-electron chi connectivity index (χ4n) is 3.07. The third-order valence-electron chi connectivity index (χ3n) is 4.61. The lowest BCUT2D eigenvalue weighted by atomic mass is 10.1. The maximum Gasteiger partial charge on any atom is 0.178 e. The van der Waals surface area contributed by atoms with Crippen molar-refractivity contribution in [1.82, 2.24) is 19.9 Å². The highest BCUT2D eigenvalue weighted by molar-refractivity contribution is 5.79. The molecule has 1 aromatic carbocycles. The van der Waals surface area contributed by atoms with Crippen LogP contribution >= 0.6 is 0 Å². The molecular formula is C18H21N5. The normalized spacial score (nSPS) is 16.2. The Hall–Kier alpha value is -2.40. The summed E-state index contributed by atoms with van der Waals surface area (Å²) in [6.45, 7) is 6.49. The fraction of sp³-hybridized carbons (Fsp3) is 0.333. The number of fused-ring (bicyclic) bond motifs is 1. The molecule has 0 atom stereocenters. The highest BCUT2D eigenvalue weighted by Gasteiger charge is 2.14. The number of rotatable bonds is 2. The summed E-state index contributed by atoms with van der Waals surface area (Å²) < 4.78 is 0. The van der Waals surface area contributed by atoms with Crippen LogP contribution < -0.4 is 4.90 Å². The first-order valence-corrected chi connectivity index (χ1v) is 8.06. The Balaban J connectivity index is 1.61. The van der Waals surface area contributed by atoms with Crippen LogP contribution in [0.15, 0.2) is 36.5 Å². The van der Waals surface area contributed by atoms with Gasteiger partial charge in [-0.15, -0.1) is 0 Å². The average molecular weight is 307 g/mol. The third kappa shape index (κ3) is 2.68. The summed E-state index contributed by atoms with van der Waals surface area (Å²) in [7, 11) is 2.18. The summed E-state index contributed by atoms with van der Waals surface area (Å²) in [6, 6.07) is 10.7. The predicted octanol–water partition coefficient (Wildman–Crippen LogP) is 2.69. The van der Waals surface area contributed by atoms with Gasteiger partial charge in [-0.1, -0.05) is 0 Å². The van der Waals surface area contributed by atoms with Crippen molar-refractivity contribution in [2.75, 3.05) is 38.1 Å². The topological polar surface area (TPSA) is 48.1 Å². The summed E-state index contributed by atoms with van der Waals surface area (Å²) in [5.74, 6) is 0.881. The van der Waals surface area contributed by atoms with Crippen LogP contribution in [0.25, 0.3) is 22.6 Å². The highest BCUT2D eigenvalue weighted by Crippen LogP contribution is 2.24. The Morgan fingerprint density at radius 3 is 2.43 bits per heavy atom. The lowest BCUT2D eigenvalue weighted by molar-refractivity contribution is 0.313. The van der Waals surface area contributed by atoms with Crippen molar-refractivity contribution in [3.8, 4) is 11.4 Å². The Morgan fingerprint density at radius 1 is 1.00 bits per heavy atom. The van der Waals surface area contributed by atoms with E-state index in [1.165, 1.54) is 11.3 Å². The molecule has 0 bridgehead atoms. The number of pyridine rings is 1. The Labute approximate surface area is 136 Å². The van der Waals surface area contributed by atoms with Gasteiger partial charge in [-0.2, -0.15) is 0 Å². The summed E-state index contributed by atoms with van der Waals surface area (Å²) in [6.07, 6.45) is 1.80. The standard InChI is InChI=1S/C18H21N5/c1-13-7-8-19-18-16(13)20-17(21-18)14-3-5-15(6-4-14)23-11-9-22(2)10-12-23/h3-8H,9-12H2,1-2H3,(H,19,20,21). The van der Waals surface area contributed by atoms with Gasteiger partial charge in [0.1, 0.15) is 5.82 Å².